The van der Waals surface area contributed by atoms with E-state index in [4.69, 9.17) is 14.2 Å². The number of aliphatic hydroxyl groups excluding tert-OH is 6. The van der Waals surface area contributed by atoms with Crippen LogP contribution in [0.3, 0.4) is 0 Å². The first-order valence-electron chi connectivity index (χ1n) is 7.96. The Kier molecular flexibility index (Phi) is 7.08. The van der Waals surface area contributed by atoms with Gasteiger partial charge in [-0.1, -0.05) is 0 Å². The second-order valence-corrected chi connectivity index (χ2v) is 6.17. The summed E-state index contributed by atoms with van der Waals surface area (Å²) in [4.78, 5) is 11.3. The van der Waals surface area contributed by atoms with E-state index in [0.717, 1.165) is 0 Å². The maximum absolute atomic E-state index is 11.3. The van der Waals surface area contributed by atoms with Gasteiger partial charge in [0.15, 0.2) is 12.6 Å². The summed E-state index contributed by atoms with van der Waals surface area (Å²) in [5.41, 5.74) is 0. The van der Waals surface area contributed by atoms with Crippen LogP contribution in [0.1, 0.15) is 13.3 Å². The molecule has 2 rings (SSSR count). The number of carbonyl (C=O) groups is 1. The first kappa shape index (κ1) is 20.4. The molecule has 0 aliphatic carbocycles. The van der Waals surface area contributed by atoms with Gasteiger partial charge in [-0.15, -0.1) is 0 Å². The molecule has 0 saturated carbocycles. The third-order valence-corrected chi connectivity index (χ3v) is 4.24. The fourth-order valence-electron chi connectivity index (χ4n) is 2.94. The molecule has 0 aromatic carbocycles. The van der Waals surface area contributed by atoms with E-state index in [1.165, 1.54) is 6.92 Å². The van der Waals surface area contributed by atoms with Crippen LogP contribution >= 0.6 is 0 Å². The zero-order valence-electron chi connectivity index (χ0n) is 13.6. The minimum Gasteiger partial charge on any atom is -0.394 e. The summed E-state index contributed by atoms with van der Waals surface area (Å²) < 4.78 is 15.9. The van der Waals surface area contributed by atoms with E-state index in [-0.39, 0.29) is 6.42 Å². The molecule has 11 nitrogen and oxygen atoms in total. The van der Waals surface area contributed by atoms with Crippen molar-refractivity contribution in [1.82, 2.24) is 5.32 Å². The maximum Gasteiger partial charge on any atom is 0.217 e. The van der Waals surface area contributed by atoms with Gasteiger partial charge in [0, 0.05) is 13.3 Å². The molecule has 11 heteroatoms. The van der Waals surface area contributed by atoms with Gasteiger partial charge in [-0.05, 0) is 0 Å². The molecule has 2 saturated heterocycles. The third-order valence-electron chi connectivity index (χ3n) is 4.24. The zero-order chi connectivity index (χ0) is 18.7. The van der Waals surface area contributed by atoms with E-state index in [1.807, 2.05) is 0 Å². The van der Waals surface area contributed by atoms with Gasteiger partial charge in [0.05, 0.1) is 25.4 Å². The molecule has 0 spiro atoms. The molecule has 0 aromatic heterocycles. The molecule has 146 valence electrons. The van der Waals surface area contributed by atoms with Crippen LogP contribution in [0.4, 0.5) is 0 Å². The highest BCUT2D eigenvalue weighted by Gasteiger charge is 2.49. The highest BCUT2D eigenvalue weighted by Crippen LogP contribution is 2.28. The number of hydrogen-bond acceptors (Lipinski definition) is 10. The van der Waals surface area contributed by atoms with Gasteiger partial charge in [-0.3, -0.25) is 4.79 Å². The Labute approximate surface area is 143 Å². The highest BCUT2D eigenvalue weighted by molar-refractivity contribution is 5.73. The van der Waals surface area contributed by atoms with Gasteiger partial charge in [0.25, 0.3) is 0 Å². The molecule has 9 atom stereocenters. The molecule has 2 aliphatic heterocycles. The second-order valence-electron chi connectivity index (χ2n) is 6.17. The monoisotopic (exact) mass is 367 g/mol. The molecule has 0 bridgehead atoms. The number of amides is 1. The molecular weight excluding hydrogens is 342 g/mol. The largest absolute Gasteiger partial charge is 0.394 e. The molecule has 2 fully saturated rings. The minimum atomic E-state index is -1.59. The van der Waals surface area contributed by atoms with Gasteiger partial charge in [-0.25, -0.2) is 0 Å². The summed E-state index contributed by atoms with van der Waals surface area (Å²) in [6, 6.07) is -1.21. The predicted octanol–water partition coefficient (Wildman–Crippen LogP) is -4.22. The van der Waals surface area contributed by atoms with Crippen LogP contribution < -0.4 is 5.32 Å². The number of rotatable bonds is 5. The van der Waals surface area contributed by atoms with Crippen molar-refractivity contribution >= 4 is 5.91 Å². The maximum atomic E-state index is 11.3. The summed E-state index contributed by atoms with van der Waals surface area (Å²) in [5.74, 6) is -0.533. The lowest BCUT2D eigenvalue weighted by atomic mass is 9.96. The van der Waals surface area contributed by atoms with Crippen LogP contribution in [0.25, 0.3) is 0 Å². The standard InChI is InChI=1S/C14H25NO10/c1-5(18)15-9-12(11(21)8(4-17)24-13(9)22)25-14-10(20)7(19)2-6(3-16)23-14/h6-14,16-17,19-22H,2-4H2,1H3,(H,15,18)/t6-,7-,8+,9+,10+,11-,12+,13-,14-/m0/s1. The lowest BCUT2D eigenvalue weighted by molar-refractivity contribution is -0.327. The summed E-state index contributed by atoms with van der Waals surface area (Å²) >= 11 is 0. The Balaban J connectivity index is 2.19. The van der Waals surface area contributed by atoms with E-state index in [9.17, 15) is 35.4 Å². The van der Waals surface area contributed by atoms with Crippen molar-refractivity contribution in [1.29, 1.82) is 0 Å². The van der Waals surface area contributed by atoms with E-state index in [0.29, 0.717) is 0 Å². The molecular formula is C14H25NO10. The van der Waals surface area contributed by atoms with Crippen molar-refractivity contribution in [2.24, 2.45) is 0 Å². The molecule has 2 heterocycles. The number of carbonyl (C=O) groups excluding carboxylic acids is 1. The Morgan fingerprint density at radius 3 is 2.36 bits per heavy atom. The zero-order valence-corrected chi connectivity index (χ0v) is 13.6. The average molecular weight is 367 g/mol. The Bertz CT molecular complexity index is 451. The lowest BCUT2D eigenvalue weighted by Gasteiger charge is -2.45. The van der Waals surface area contributed by atoms with Gasteiger partial charge in [-0.2, -0.15) is 0 Å². The van der Waals surface area contributed by atoms with Crippen molar-refractivity contribution < 1.29 is 49.6 Å². The number of nitrogens with one attached hydrogen (secondary N) is 1. The number of hydrogen-bond donors (Lipinski definition) is 7. The molecule has 0 unspecified atom stereocenters. The van der Waals surface area contributed by atoms with Crippen LogP contribution in [-0.2, 0) is 19.0 Å². The summed E-state index contributed by atoms with van der Waals surface area (Å²) in [5, 5.41) is 61.0. The SMILES string of the molecule is CC(=O)N[C@@H]1[C@@H](O[C@@H]2O[C@H](CO)C[C@H](O)[C@H]2O)[C@@H](O)[C@@H](CO)O[C@@H]1O. The van der Waals surface area contributed by atoms with E-state index in [1.54, 1.807) is 0 Å². The molecule has 1 amide bonds. The van der Waals surface area contributed by atoms with Crippen LogP contribution in [0.5, 0.6) is 0 Å². The van der Waals surface area contributed by atoms with Crippen molar-refractivity contribution in [2.75, 3.05) is 13.2 Å². The molecule has 0 radical (unpaired) electrons. The number of ether oxygens (including phenoxy) is 3. The third kappa shape index (κ3) is 4.64. The Hall–Kier alpha value is -0.890. The predicted molar refractivity (Wildman–Crippen MR) is 78.8 cm³/mol. The fourth-order valence-corrected chi connectivity index (χ4v) is 2.94. The van der Waals surface area contributed by atoms with Crippen LogP contribution in [-0.4, -0.2) is 105 Å². The van der Waals surface area contributed by atoms with E-state index < -0.39 is 74.4 Å². The van der Waals surface area contributed by atoms with E-state index >= 15 is 0 Å². The highest BCUT2D eigenvalue weighted by atomic mass is 16.7. The van der Waals surface area contributed by atoms with Crippen LogP contribution in [0.15, 0.2) is 0 Å². The van der Waals surface area contributed by atoms with Gasteiger partial charge >= 0.3 is 0 Å². The first-order valence-corrected chi connectivity index (χ1v) is 7.96. The van der Waals surface area contributed by atoms with Crippen LogP contribution in [0.2, 0.25) is 0 Å². The summed E-state index contributed by atoms with van der Waals surface area (Å²) in [6.45, 7) is 0.142. The normalized spacial score (nSPS) is 45.2. The molecule has 25 heavy (non-hydrogen) atoms. The first-order chi connectivity index (χ1) is 11.8. The topological polar surface area (TPSA) is 178 Å². The summed E-state index contributed by atoms with van der Waals surface area (Å²) in [6.07, 6.45) is -10.5. The van der Waals surface area contributed by atoms with Crippen molar-refractivity contribution in [2.45, 2.75) is 68.6 Å². The van der Waals surface area contributed by atoms with Crippen molar-refractivity contribution in [3.05, 3.63) is 0 Å². The Morgan fingerprint density at radius 1 is 1.12 bits per heavy atom. The second kappa shape index (κ2) is 8.66. The van der Waals surface area contributed by atoms with Crippen molar-refractivity contribution in [3.63, 3.8) is 0 Å². The molecule has 7 N–H and O–H groups in total. The summed E-state index contributed by atoms with van der Waals surface area (Å²) in [7, 11) is 0. The van der Waals surface area contributed by atoms with Gasteiger partial charge < -0.3 is 50.2 Å². The van der Waals surface area contributed by atoms with Crippen LogP contribution in [0, 0.1) is 0 Å². The molecule has 2 aliphatic rings. The molecule has 0 aromatic rings. The quantitative estimate of drug-likeness (QED) is 0.252. The van der Waals surface area contributed by atoms with E-state index in [2.05, 4.69) is 5.32 Å². The fraction of sp³-hybridized carbons (Fsp3) is 0.929. The smallest absolute Gasteiger partial charge is 0.217 e. The minimum absolute atomic E-state index is 0.00906. The van der Waals surface area contributed by atoms with Gasteiger partial charge in [0.1, 0.15) is 30.5 Å². The average Bonchev–Trinajstić information content (AvgIpc) is 2.57. The van der Waals surface area contributed by atoms with Gasteiger partial charge in [0.2, 0.25) is 5.91 Å². The van der Waals surface area contributed by atoms with Crippen molar-refractivity contribution in [3.8, 4) is 0 Å². The Morgan fingerprint density at radius 2 is 1.80 bits per heavy atom. The lowest BCUT2D eigenvalue weighted by Crippen LogP contribution is -2.66. The number of aliphatic hydroxyl groups is 6.